The standard InChI is InChI=1S/C12H12F3NO2/c13-12(14,15)11(17)6-16-5-8-7-18-10-4-2-1-3-9(8)10/h1-4,7,11,16-17H,5-6H2. The molecule has 1 aromatic carbocycles. The molecule has 0 saturated carbocycles. The topological polar surface area (TPSA) is 45.4 Å². The van der Waals surface area contributed by atoms with E-state index in [0.717, 1.165) is 10.9 Å². The first-order valence-electron chi connectivity index (χ1n) is 5.39. The largest absolute Gasteiger partial charge is 0.464 e. The van der Waals surface area contributed by atoms with Gasteiger partial charge in [0.2, 0.25) is 0 Å². The fraction of sp³-hybridized carbons (Fsp3) is 0.333. The number of furan rings is 1. The van der Waals surface area contributed by atoms with Crippen LogP contribution in [0.15, 0.2) is 34.9 Å². The summed E-state index contributed by atoms with van der Waals surface area (Å²) in [5, 5.41) is 12.2. The fourth-order valence-electron chi connectivity index (χ4n) is 1.63. The van der Waals surface area contributed by atoms with Crippen molar-refractivity contribution in [1.29, 1.82) is 0 Å². The molecular weight excluding hydrogens is 247 g/mol. The van der Waals surface area contributed by atoms with E-state index in [-0.39, 0.29) is 6.54 Å². The molecule has 1 atom stereocenters. The molecular formula is C12H12F3NO2. The number of para-hydroxylation sites is 1. The number of benzene rings is 1. The number of fused-ring (bicyclic) bond motifs is 1. The summed E-state index contributed by atoms with van der Waals surface area (Å²) in [5.41, 5.74) is 1.45. The monoisotopic (exact) mass is 259 g/mol. The highest BCUT2D eigenvalue weighted by Crippen LogP contribution is 2.21. The van der Waals surface area contributed by atoms with Crippen LogP contribution in [-0.4, -0.2) is 23.9 Å². The zero-order chi connectivity index (χ0) is 13.2. The highest BCUT2D eigenvalue weighted by atomic mass is 19.4. The Balaban J connectivity index is 1.95. The van der Waals surface area contributed by atoms with Crippen LogP contribution in [-0.2, 0) is 6.54 Å². The van der Waals surface area contributed by atoms with E-state index < -0.39 is 18.8 Å². The van der Waals surface area contributed by atoms with Gasteiger partial charge in [-0.15, -0.1) is 0 Å². The molecule has 0 amide bonds. The number of hydrogen-bond acceptors (Lipinski definition) is 3. The molecule has 0 saturated heterocycles. The molecule has 2 rings (SSSR count). The van der Waals surface area contributed by atoms with E-state index in [2.05, 4.69) is 5.32 Å². The van der Waals surface area contributed by atoms with E-state index in [1.165, 1.54) is 6.26 Å². The van der Waals surface area contributed by atoms with Gasteiger partial charge in [-0.2, -0.15) is 13.2 Å². The summed E-state index contributed by atoms with van der Waals surface area (Å²) in [6.45, 7) is -0.326. The van der Waals surface area contributed by atoms with E-state index in [4.69, 9.17) is 9.52 Å². The number of aliphatic hydroxyl groups is 1. The zero-order valence-corrected chi connectivity index (χ0v) is 9.37. The second-order valence-electron chi connectivity index (χ2n) is 3.95. The third-order valence-electron chi connectivity index (χ3n) is 2.59. The minimum atomic E-state index is -4.59. The molecule has 0 aliphatic rings. The predicted molar refractivity (Wildman–Crippen MR) is 60.0 cm³/mol. The van der Waals surface area contributed by atoms with Gasteiger partial charge < -0.3 is 14.8 Å². The summed E-state index contributed by atoms with van der Waals surface area (Å²) in [4.78, 5) is 0. The van der Waals surface area contributed by atoms with Crippen LogP contribution in [0.3, 0.4) is 0 Å². The van der Waals surface area contributed by atoms with Crippen molar-refractivity contribution in [3.05, 3.63) is 36.1 Å². The summed E-state index contributed by atoms with van der Waals surface area (Å²) < 4.78 is 41.4. The summed E-state index contributed by atoms with van der Waals surface area (Å²) in [6, 6.07) is 7.25. The van der Waals surface area contributed by atoms with Crippen LogP contribution in [0.5, 0.6) is 0 Å². The molecule has 0 fully saturated rings. The molecule has 1 heterocycles. The number of hydrogen-bond donors (Lipinski definition) is 2. The Bertz CT molecular complexity index is 521. The lowest BCUT2D eigenvalue weighted by atomic mass is 10.2. The Morgan fingerprint density at radius 2 is 2.00 bits per heavy atom. The van der Waals surface area contributed by atoms with Crippen LogP contribution in [0.4, 0.5) is 13.2 Å². The van der Waals surface area contributed by atoms with Crippen LogP contribution in [0.2, 0.25) is 0 Å². The maximum absolute atomic E-state index is 12.1. The fourth-order valence-corrected chi connectivity index (χ4v) is 1.63. The maximum Gasteiger partial charge on any atom is 0.415 e. The first-order valence-corrected chi connectivity index (χ1v) is 5.39. The molecule has 98 valence electrons. The number of halogens is 3. The lowest BCUT2D eigenvalue weighted by molar-refractivity contribution is -0.201. The molecule has 6 heteroatoms. The zero-order valence-electron chi connectivity index (χ0n) is 9.37. The van der Waals surface area contributed by atoms with E-state index >= 15 is 0 Å². The van der Waals surface area contributed by atoms with Gasteiger partial charge in [0, 0.05) is 24.0 Å². The molecule has 1 unspecified atom stereocenters. The Morgan fingerprint density at radius 3 is 2.72 bits per heavy atom. The van der Waals surface area contributed by atoms with Gasteiger partial charge >= 0.3 is 6.18 Å². The summed E-state index contributed by atoms with van der Waals surface area (Å²) >= 11 is 0. The Morgan fingerprint density at radius 1 is 1.28 bits per heavy atom. The molecule has 0 aliphatic carbocycles. The molecule has 1 aromatic heterocycles. The quantitative estimate of drug-likeness (QED) is 0.886. The van der Waals surface area contributed by atoms with Gasteiger partial charge in [-0.3, -0.25) is 0 Å². The molecule has 0 radical (unpaired) electrons. The molecule has 0 bridgehead atoms. The van der Waals surface area contributed by atoms with E-state index in [9.17, 15) is 13.2 Å². The SMILES string of the molecule is OC(CNCc1coc2ccccc12)C(F)(F)F. The normalized spacial score (nSPS) is 14.0. The van der Waals surface area contributed by atoms with Crippen LogP contribution < -0.4 is 5.32 Å². The number of nitrogens with one attached hydrogen (secondary N) is 1. The maximum atomic E-state index is 12.1. The minimum Gasteiger partial charge on any atom is -0.464 e. The summed E-state index contributed by atoms with van der Waals surface area (Å²) in [5.74, 6) is 0. The van der Waals surface area contributed by atoms with Gasteiger partial charge in [0.15, 0.2) is 6.10 Å². The third kappa shape index (κ3) is 2.83. The van der Waals surface area contributed by atoms with Gasteiger partial charge in [0.1, 0.15) is 5.58 Å². The first-order chi connectivity index (χ1) is 8.48. The van der Waals surface area contributed by atoms with Gasteiger partial charge in [0.05, 0.1) is 6.26 Å². The Kier molecular flexibility index (Phi) is 3.58. The summed E-state index contributed by atoms with van der Waals surface area (Å²) in [6.07, 6.45) is -5.45. The average molecular weight is 259 g/mol. The van der Waals surface area contributed by atoms with Crippen LogP contribution in [0, 0.1) is 0 Å². The van der Waals surface area contributed by atoms with Gasteiger partial charge in [-0.25, -0.2) is 0 Å². The highest BCUT2D eigenvalue weighted by Gasteiger charge is 2.37. The van der Waals surface area contributed by atoms with Crippen molar-refractivity contribution in [2.45, 2.75) is 18.8 Å². The van der Waals surface area contributed by atoms with Gasteiger partial charge in [-0.05, 0) is 6.07 Å². The Hall–Kier alpha value is -1.53. The van der Waals surface area contributed by atoms with E-state index in [1.54, 1.807) is 6.07 Å². The third-order valence-corrected chi connectivity index (χ3v) is 2.59. The smallest absolute Gasteiger partial charge is 0.415 e. The molecule has 0 aliphatic heterocycles. The van der Waals surface area contributed by atoms with E-state index in [1.807, 2.05) is 18.2 Å². The highest BCUT2D eigenvalue weighted by molar-refractivity contribution is 5.80. The second kappa shape index (κ2) is 4.99. The van der Waals surface area contributed by atoms with Crippen molar-refractivity contribution in [2.24, 2.45) is 0 Å². The lowest BCUT2D eigenvalue weighted by Crippen LogP contribution is -2.38. The average Bonchev–Trinajstić information content (AvgIpc) is 2.71. The van der Waals surface area contributed by atoms with Gasteiger partial charge in [-0.1, -0.05) is 18.2 Å². The van der Waals surface area contributed by atoms with Gasteiger partial charge in [0.25, 0.3) is 0 Å². The van der Waals surface area contributed by atoms with E-state index in [0.29, 0.717) is 5.58 Å². The van der Waals surface area contributed by atoms with Crippen molar-refractivity contribution in [3.8, 4) is 0 Å². The van der Waals surface area contributed by atoms with Crippen LogP contribution in [0.1, 0.15) is 5.56 Å². The van der Waals surface area contributed by atoms with Crippen molar-refractivity contribution in [2.75, 3.05) is 6.54 Å². The number of aliphatic hydroxyl groups excluding tert-OH is 1. The van der Waals surface area contributed by atoms with Crippen molar-refractivity contribution in [1.82, 2.24) is 5.32 Å². The minimum absolute atomic E-state index is 0.212. The van der Waals surface area contributed by atoms with Crippen LogP contribution >= 0.6 is 0 Å². The first kappa shape index (κ1) is 12.9. The second-order valence-corrected chi connectivity index (χ2v) is 3.95. The van der Waals surface area contributed by atoms with Crippen molar-refractivity contribution >= 4 is 11.0 Å². The summed E-state index contributed by atoms with van der Waals surface area (Å²) in [7, 11) is 0. The molecule has 2 aromatic rings. The van der Waals surface area contributed by atoms with Crippen molar-refractivity contribution in [3.63, 3.8) is 0 Å². The predicted octanol–water partition coefficient (Wildman–Crippen LogP) is 2.45. The molecule has 2 N–H and O–H groups in total. The number of alkyl halides is 3. The Labute approximate surface area is 101 Å². The van der Waals surface area contributed by atoms with Crippen molar-refractivity contribution < 1.29 is 22.7 Å². The molecule has 0 spiro atoms. The number of rotatable bonds is 4. The lowest BCUT2D eigenvalue weighted by Gasteiger charge is -2.14. The van der Waals surface area contributed by atoms with Crippen LogP contribution in [0.25, 0.3) is 11.0 Å². The molecule has 18 heavy (non-hydrogen) atoms. The molecule has 3 nitrogen and oxygen atoms in total.